The maximum absolute atomic E-state index is 11.9. The van der Waals surface area contributed by atoms with Crippen LogP contribution < -0.4 is 5.32 Å². The second-order valence-corrected chi connectivity index (χ2v) is 7.91. The molecule has 0 bridgehead atoms. The Morgan fingerprint density at radius 3 is 2.21 bits per heavy atom. The molecule has 5 nitrogen and oxygen atoms in total. The standard InChI is InChI=1S/C13H23N3O2S/c1-8(9(17)14-13(5,6)7)19-11-16-15-10(18-11)12(2,3)4/h8H,1-7H3,(H,14,17)/t8-/m0/s1. The predicted octanol–water partition coefficient (Wildman–Crippen LogP) is 2.76. The molecule has 6 heteroatoms. The van der Waals surface area contributed by atoms with E-state index in [-0.39, 0.29) is 22.1 Å². The monoisotopic (exact) mass is 285 g/mol. The molecule has 0 radical (unpaired) electrons. The van der Waals surface area contributed by atoms with Gasteiger partial charge in [0.1, 0.15) is 0 Å². The highest BCUT2D eigenvalue weighted by molar-refractivity contribution is 8.00. The third-order valence-corrected chi connectivity index (χ3v) is 3.13. The zero-order valence-electron chi connectivity index (χ0n) is 12.7. The minimum absolute atomic E-state index is 0.0343. The van der Waals surface area contributed by atoms with E-state index >= 15 is 0 Å². The topological polar surface area (TPSA) is 68.0 Å². The Kier molecular flexibility index (Phi) is 4.66. The first kappa shape index (κ1) is 16.0. The quantitative estimate of drug-likeness (QED) is 0.865. The van der Waals surface area contributed by atoms with Crippen LogP contribution in [0.4, 0.5) is 0 Å². The van der Waals surface area contributed by atoms with Gasteiger partial charge in [-0.3, -0.25) is 4.79 Å². The van der Waals surface area contributed by atoms with E-state index in [0.29, 0.717) is 11.1 Å². The Bertz CT molecular complexity index is 443. The van der Waals surface area contributed by atoms with Crippen molar-refractivity contribution in [3.05, 3.63) is 5.89 Å². The van der Waals surface area contributed by atoms with Crippen molar-refractivity contribution in [3.63, 3.8) is 0 Å². The van der Waals surface area contributed by atoms with E-state index in [9.17, 15) is 4.79 Å². The molecule has 1 N–H and O–H groups in total. The van der Waals surface area contributed by atoms with Gasteiger partial charge in [-0.05, 0) is 27.7 Å². The highest BCUT2D eigenvalue weighted by Gasteiger charge is 2.25. The van der Waals surface area contributed by atoms with Crippen molar-refractivity contribution in [1.29, 1.82) is 0 Å². The average molecular weight is 285 g/mol. The summed E-state index contributed by atoms with van der Waals surface area (Å²) in [5, 5.41) is 11.1. The van der Waals surface area contributed by atoms with Gasteiger partial charge in [-0.1, -0.05) is 32.5 Å². The Balaban J connectivity index is 2.65. The summed E-state index contributed by atoms with van der Waals surface area (Å²) in [6.07, 6.45) is 0. The molecule has 1 atom stereocenters. The number of thioether (sulfide) groups is 1. The molecule has 0 aliphatic heterocycles. The minimum atomic E-state index is -0.271. The van der Waals surface area contributed by atoms with Crippen LogP contribution in [0.25, 0.3) is 0 Å². The molecular formula is C13H23N3O2S. The summed E-state index contributed by atoms with van der Waals surface area (Å²) in [4.78, 5) is 11.9. The summed E-state index contributed by atoms with van der Waals surface area (Å²) in [5.74, 6) is 0.548. The van der Waals surface area contributed by atoms with Gasteiger partial charge in [-0.25, -0.2) is 0 Å². The zero-order chi connectivity index (χ0) is 14.8. The van der Waals surface area contributed by atoms with Gasteiger partial charge in [-0.2, -0.15) is 0 Å². The summed E-state index contributed by atoms with van der Waals surface area (Å²) in [5.41, 5.74) is -0.417. The lowest BCUT2D eigenvalue weighted by atomic mass is 9.97. The number of aromatic nitrogens is 2. The molecule has 0 saturated carbocycles. The molecule has 0 aliphatic rings. The van der Waals surface area contributed by atoms with Gasteiger partial charge in [0.15, 0.2) is 0 Å². The first-order chi connectivity index (χ1) is 8.49. The summed E-state index contributed by atoms with van der Waals surface area (Å²) in [6, 6.07) is 0. The van der Waals surface area contributed by atoms with Crippen molar-refractivity contribution in [1.82, 2.24) is 15.5 Å². The Morgan fingerprint density at radius 1 is 1.21 bits per heavy atom. The molecule has 0 saturated heterocycles. The minimum Gasteiger partial charge on any atom is -0.415 e. The van der Waals surface area contributed by atoms with Crippen LogP contribution in [-0.4, -0.2) is 26.9 Å². The second-order valence-electron chi connectivity index (χ2n) is 6.62. The van der Waals surface area contributed by atoms with Gasteiger partial charge < -0.3 is 9.73 Å². The van der Waals surface area contributed by atoms with Crippen LogP contribution in [0.15, 0.2) is 9.64 Å². The maximum atomic E-state index is 11.9. The van der Waals surface area contributed by atoms with E-state index in [4.69, 9.17) is 4.42 Å². The zero-order valence-corrected chi connectivity index (χ0v) is 13.5. The fourth-order valence-electron chi connectivity index (χ4n) is 1.24. The summed E-state index contributed by atoms with van der Waals surface area (Å²) >= 11 is 1.28. The molecule has 0 unspecified atom stereocenters. The highest BCUT2D eigenvalue weighted by Crippen LogP contribution is 2.27. The number of hydrogen-bond acceptors (Lipinski definition) is 5. The Hall–Kier alpha value is -1.04. The van der Waals surface area contributed by atoms with Crippen LogP contribution >= 0.6 is 11.8 Å². The lowest BCUT2D eigenvalue weighted by Gasteiger charge is -2.22. The Labute approximate surface area is 118 Å². The highest BCUT2D eigenvalue weighted by atomic mass is 32.2. The van der Waals surface area contributed by atoms with Crippen molar-refractivity contribution < 1.29 is 9.21 Å². The van der Waals surface area contributed by atoms with Crippen molar-refractivity contribution in [2.24, 2.45) is 0 Å². The smallest absolute Gasteiger partial charge is 0.277 e. The van der Waals surface area contributed by atoms with Crippen LogP contribution in [-0.2, 0) is 10.2 Å². The van der Waals surface area contributed by atoms with Gasteiger partial charge in [-0.15, -0.1) is 10.2 Å². The fraction of sp³-hybridized carbons (Fsp3) is 0.769. The predicted molar refractivity (Wildman–Crippen MR) is 76.2 cm³/mol. The average Bonchev–Trinajstić information content (AvgIpc) is 2.62. The van der Waals surface area contributed by atoms with Crippen molar-refractivity contribution in [2.45, 2.75) is 69.9 Å². The first-order valence-electron chi connectivity index (χ1n) is 6.32. The molecule has 0 aromatic carbocycles. The van der Waals surface area contributed by atoms with E-state index in [1.807, 2.05) is 48.5 Å². The van der Waals surface area contributed by atoms with Gasteiger partial charge in [0.05, 0.1) is 5.25 Å². The van der Waals surface area contributed by atoms with Gasteiger partial charge >= 0.3 is 0 Å². The molecule has 0 fully saturated rings. The molecule has 0 spiro atoms. The summed E-state index contributed by atoms with van der Waals surface area (Å²) < 4.78 is 5.56. The van der Waals surface area contributed by atoms with E-state index in [2.05, 4.69) is 15.5 Å². The van der Waals surface area contributed by atoms with Crippen molar-refractivity contribution in [2.75, 3.05) is 0 Å². The Morgan fingerprint density at radius 2 is 1.79 bits per heavy atom. The number of nitrogens with one attached hydrogen (secondary N) is 1. The summed E-state index contributed by atoms with van der Waals surface area (Å²) in [6.45, 7) is 13.7. The molecule has 1 aromatic heterocycles. The van der Waals surface area contributed by atoms with E-state index in [0.717, 1.165) is 0 Å². The number of carbonyl (C=O) groups excluding carboxylic acids is 1. The number of hydrogen-bond donors (Lipinski definition) is 1. The largest absolute Gasteiger partial charge is 0.415 e. The molecule has 1 rings (SSSR count). The maximum Gasteiger partial charge on any atom is 0.277 e. The SMILES string of the molecule is C[C@H](Sc1nnc(C(C)(C)C)o1)C(=O)NC(C)(C)C. The summed E-state index contributed by atoms with van der Waals surface area (Å²) in [7, 11) is 0. The van der Waals surface area contributed by atoms with Crippen LogP contribution in [0.3, 0.4) is 0 Å². The fourth-order valence-corrected chi connectivity index (χ4v) is 1.92. The molecule has 19 heavy (non-hydrogen) atoms. The second kappa shape index (κ2) is 5.53. The van der Waals surface area contributed by atoms with Crippen LogP contribution in [0.2, 0.25) is 0 Å². The third kappa shape index (κ3) is 5.22. The van der Waals surface area contributed by atoms with Crippen molar-refractivity contribution in [3.8, 4) is 0 Å². The number of carbonyl (C=O) groups is 1. The van der Waals surface area contributed by atoms with Gasteiger partial charge in [0.25, 0.3) is 5.22 Å². The van der Waals surface area contributed by atoms with E-state index in [1.165, 1.54) is 11.8 Å². The first-order valence-corrected chi connectivity index (χ1v) is 7.20. The molecule has 1 heterocycles. The van der Waals surface area contributed by atoms with Crippen LogP contribution in [0.5, 0.6) is 0 Å². The molecule has 1 aromatic rings. The number of rotatable bonds is 3. The normalized spacial score (nSPS) is 14.3. The van der Waals surface area contributed by atoms with E-state index < -0.39 is 0 Å². The lowest BCUT2D eigenvalue weighted by Crippen LogP contribution is -2.44. The van der Waals surface area contributed by atoms with E-state index in [1.54, 1.807) is 0 Å². The van der Waals surface area contributed by atoms with Crippen molar-refractivity contribution >= 4 is 17.7 Å². The van der Waals surface area contributed by atoms with Crippen LogP contribution in [0, 0.1) is 0 Å². The molecule has 108 valence electrons. The third-order valence-electron chi connectivity index (χ3n) is 2.19. The van der Waals surface area contributed by atoms with Gasteiger partial charge in [0, 0.05) is 11.0 Å². The van der Waals surface area contributed by atoms with Gasteiger partial charge in [0.2, 0.25) is 11.8 Å². The number of amides is 1. The lowest BCUT2D eigenvalue weighted by molar-refractivity contribution is -0.121. The molecule has 1 amide bonds. The van der Waals surface area contributed by atoms with Crippen LogP contribution in [0.1, 0.15) is 54.4 Å². The molecule has 0 aliphatic carbocycles. The number of nitrogens with zero attached hydrogens (tertiary/aromatic N) is 2. The molecular weight excluding hydrogens is 262 g/mol.